The Labute approximate surface area is 90.5 Å². The molecule has 0 amide bonds. The molecule has 5 heteroatoms. The predicted molar refractivity (Wildman–Crippen MR) is 57.2 cm³/mol. The van der Waals surface area contributed by atoms with Gasteiger partial charge in [0.05, 0.1) is 12.2 Å². The van der Waals surface area contributed by atoms with Crippen molar-refractivity contribution in [2.75, 3.05) is 13.1 Å². The van der Waals surface area contributed by atoms with Gasteiger partial charge in [0.2, 0.25) is 0 Å². The summed E-state index contributed by atoms with van der Waals surface area (Å²) in [6, 6.07) is 0. The molecule has 1 aliphatic rings. The van der Waals surface area contributed by atoms with Gasteiger partial charge in [-0.15, -0.1) is 0 Å². The van der Waals surface area contributed by atoms with Crippen LogP contribution in [0.3, 0.4) is 0 Å². The highest BCUT2D eigenvalue weighted by Crippen LogP contribution is 2.11. The molecule has 1 saturated heterocycles. The molecule has 0 unspecified atom stereocenters. The van der Waals surface area contributed by atoms with E-state index in [1.165, 1.54) is 6.42 Å². The molecule has 0 aromatic carbocycles. The quantitative estimate of drug-likeness (QED) is 0.862. The van der Waals surface area contributed by atoms with Crippen LogP contribution in [0.4, 0.5) is 0 Å². The van der Waals surface area contributed by atoms with Crippen molar-refractivity contribution in [2.24, 2.45) is 0 Å². The minimum Gasteiger partial charge on any atom is -0.308 e. The lowest BCUT2D eigenvalue weighted by Gasteiger charge is -2.29. The van der Waals surface area contributed by atoms with Crippen LogP contribution < -0.4 is 5.56 Å². The van der Waals surface area contributed by atoms with Gasteiger partial charge in [-0.25, -0.2) is 4.98 Å². The van der Waals surface area contributed by atoms with E-state index < -0.39 is 0 Å². The van der Waals surface area contributed by atoms with E-state index >= 15 is 0 Å². The fourth-order valence-corrected chi connectivity index (χ4v) is 1.64. The van der Waals surface area contributed by atoms with Crippen molar-refractivity contribution in [1.82, 2.24) is 14.9 Å². The van der Waals surface area contributed by atoms with Crippen LogP contribution in [-0.4, -0.2) is 28.0 Å². The zero-order valence-electron chi connectivity index (χ0n) is 8.01. The number of H-pyrrole nitrogens is 1. The molecule has 0 aliphatic carbocycles. The zero-order chi connectivity index (χ0) is 10.1. The van der Waals surface area contributed by atoms with Gasteiger partial charge in [0, 0.05) is 0 Å². The first-order valence-corrected chi connectivity index (χ1v) is 5.44. The number of rotatable bonds is 2. The molecule has 1 aromatic heterocycles. The number of hydrogen-bond donors (Lipinski definition) is 1. The molecule has 76 valence electrons. The van der Waals surface area contributed by atoms with Crippen molar-refractivity contribution in [3.05, 3.63) is 26.3 Å². The molecule has 0 bridgehead atoms. The smallest absolute Gasteiger partial charge is 0.265 e. The van der Waals surface area contributed by atoms with Crippen molar-refractivity contribution < 1.29 is 0 Å². The van der Waals surface area contributed by atoms with E-state index in [1.54, 1.807) is 0 Å². The van der Waals surface area contributed by atoms with Gasteiger partial charge < -0.3 is 4.98 Å². The van der Waals surface area contributed by atoms with Crippen LogP contribution >= 0.6 is 15.9 Å². The largest absolute Gasteiger partial charge is 0.308 e. The number of nitrogens with zero attached hydrogens (tertiary/aromatic N) is 2. The molecule has 2 rings (SSSR count). The van der Waals surface area contributed by atoms with E-state index in [9.17, 15) is 4.79 Å². The summed E-state index contributed by atoms with van der Waals surface area (Å²) in [6.45, 7) is 4.81. The fourth-order valence-electron chi connectivity index (χ4n) is 1.46. The third kappa shape index (κ3) is 1.88. The standard InChI is InChI=1S/C9H12BrN3O/c1-6-8(10)9(14)12-7(11-6)5-13-3-2-4-13/h2-5H2,1H3,(H,11,12,14). The summed E-state index contributed by atoms with van der Waals surface area (Å²) >= 11 is 3.19. The van der Waals surface area contributed by atoms with Crippen molar-refractivity contribution >= 4 is 15.9 Å². The Kier molecular flexibility index (Phi) is 2.69. The lowest BCUT2D eigenvalue weighted by atomic mass is 10.2. The van der Waals surface area contributed by atoms with Crippen molar-refractivity contribution in [3.63, 3.8) is 0 Å². The molecule has 1 N–H and O–H groups in total. The van der Waals surface area contributed by atoms with Crippen LogP contribution in [-0.2, 0) is 6.54 Å². The average molecular weight is 258 g/mol. The van der Waals surface area contributed by atoms with Gasteiger partial charge in [-0.1, -0.05) is 0 Å². The molecular weight excluding hydrogens is 246 g/mol. The highest BCUT2D eigenvalue weighted by molar-refractivity contribution is 9.10. The lowest BCUT2D eigenvalue weighted by molar-refractivity contribution is 0.168. The molecular formula is C9H12BrN3O. The maximum Gasteiger partial charge on any atom is 0.265 e. The molecule has 1 aliphatic heterocycles. The summed E-state index contributed by atoms with van der Waals surface area (Å²) in [5.74, 6) is 0.760. The van der Waals surface area contributed by atoms with Crippen LogP contribution in [0, 0.1) is 6.92 Å². The van der Waals surface area contributed by atoms with Crippen molar-refractivity contribution in [1.29, 1.82) is 0 Å². The normalized spacial score (nSPS) is 16.7. The van der Waals surface area contributed by atoms with Gasteiger partial charge in [0.25, 0.3) is 5.56 Å². The number of nitrogens with one attached hydrogen (secondary N) is 1. The van der Waals surface area contributed by atoms with Crippen molar-refractivity contribution in [2.45, 2.75) is 19.9 Å². The Hall–Kier alpha value is -0.680. The topological polar surface area (TPSA) is 49.0 Å². The monoisotopic (exact) mass is 257 g/mol. The predicted octanol–water partition coefficient (Wildman–Crippen LogP) is 1.05. The maximum atomic E-state index is 11.4. The highest BCUT2D eigenvalue weighted by Gasteiger charge is 2.15. The molecule has 1 fully saturated rings. The Morgan fingerprint density at radius 1 is 1.57 bits per heavy atom. The Balaban J connectivity index is 2.21. The molecule has 4 nitrogen and oxygen atoms in total. The second-order valence-corrected chi connectivity index (χ2v) is 4.33. The molecule has 0 atom stereocenters. The van der Waals surface area contributed by atoms with Gasteiger partial charge >= 0.3 is 0 Å². The Bertz CT molecular complexity index is 398. The summed E-state index contributed by atoms with van der Waals surface area (Å²) in [5, 5.41) is 0. The Morgan fingerprint density at radius 3 is 2.79 bits per heavy atom. The number of hydrogen-bond acceptors (Lipinski definition) is 3. The summed E-state index contributed by atoms with van der Waals surface area (Å²) in [6.07, 6.45) is 1.25. The van der Waals surface area contributed by atoms with E-state index in [0.717, 1.165) is 31.2 Å². The molecule has 2 heterocycles. The van der Waals surface area contributed by atoms with E-state index in [1.807, 2.05) is 6.92 Å². The Morgan fingerprint density at radius 2 is 2.29 bits per heavy atom. The SMILES string of the molecule is Cc1nc(CN2CCC2)[nH]c(=O)c1Br. The highest BCUT2D eigenvalue weighted by atomic mass is 79.9. The molecule has 1 aromatic rings. The summed E-state index contributed by atoms with van der Waals surface area (Å²) < 4.78 is 0.532. The number of halogens is 1. The van der Waals surface area contributed by atoms with Crippen molar-refractivity contribution in [3.8, 4) is 0 Å². The van der Waals surface area contributed by atoms with Crippen LogP contribution in [0.1, 0.15) is 17.9 Å². The third-order valence-electron chi connectivity index (χ3n) is 2.40. The zero-order valence-corrected chi connectivity index (χ0v) is 9.60. The second-order valence-electron chi connectivity index (χ2n) is 3.54. The van der Waals surface area contributed by atoms with E-state index in [2.05, 4.69) is 30.8 Å². The van der Waals surface area contributed by atoms with Crippen LogP contribution in [0.2, 0.25) is 0 Å². The summed E-state index contributed by atoms with van der Waals surface area (Å²) in [5.41, 5.74) is 0.664. The number of aryl methyl sites for hydroxylation is 1. The average Bonchev–Trinajstić information content (AvgIpc) is 2.07. The van der Waals surface area contributed by atoms with E-state index in [4.69, 9.17) is 0 Å². The first kappa shape index (κ1) is 9.86. The minimum absolute atomic E-state index is 0.0898. The van der Waals surface area contributed by atoms with E-state index in [-0.39, 0.29) is 5.56 Å². The number of likely N-dealkylation sites (tertiary alicyclic amines) is 1. The minimum atomic E-state index is -0.0898. The second kappa shape index (κ2) is 3.82. The molecule has 0 radical (unpaired) electrons. The van der Waals surface area contributed by atoms with Crippen LogP contribution in [0.25, 0.3) is 0 Å². The first-order valence-electron chi connectivity index (χ1n) is 4.64. The first-order chi connectivity index (χ1) is 6.66. The fraction of sp³-hybridized carbons (Fsp3) is 0.556. The van der Waals surface area contributed by atoms with Gasteiger partial charge in [-0.3, -0.25) is 9.69 Å². The summed E-state index contributed by atoms with van der Waals surface area (Å²) in [4.78, 5) is 20.7. The number of aromatic amines is 1. The summed E-state index contributed by atoms with van der Waals surface area (Å²) in [7, 11) is 0. The molecule has 14 heavy (non-hydrogen) atoms. The molecule has 0 spiro atoms. The van der Waals surface area contributed by atoms with Gasteiger partial charge in [-0.05, 0) is 42.4 Å². The maximum absolute atomic E-state index is 11.4. The van der Waals surface area contributed by atoms with E-state index in [0.29, 0.717) is 4.47 Å². The molecule has 0 saturated carbocycles. The third-order valence-corrected chi connectivity index (χ3v) is 3.33. The lowest BCUT2D eigenvalue weighted by Crippen LogP contribution is -2.37. The van der Waals surface area contributed by atoms with Gasteiger partial charge in [0.1, 0.15) is 10.3 Å². The number of aromatic nitrogens is 2. The van der Waals surface area contributed by atoms with Gasteiger partial charge in [0.15, 0.2) is 0 Å². The van der Waals surface area contributed by atoms with Gasteiger partial charge in [-0.2, -0.15) is 0 Å². The van der Waals surface area contributed by atoms with Crippen LogP contribution in [0.5, 0.6) is 0 Å². The van der Waals surface area contributed by atoms with Crippen LogP contribution in [0.15, 0.2) is 9.27 Å².